The van der Waals surface area contributed by atoms with Crippen LogP contribution in [0.15, 0.2) is 12.4 Å². The highest BCUT2D eigenvalue weighted by atomic mass is 15.2. The van der Waals surface area contributed by atoms with Crippen molar-refractivity contribution in [2.24, 2.45) is 5.92 Å². The molecule has 1 heterocycles. The zero-order chi connectivity index (χ0) is 13.1. The fraction of sp³-hybridized carbons (Fsp3) is 0.812. The molecule has 2 saturated carbocycles. The summed E-state index contributed by atoms with van der Waals surface area (Å²) in [6.07, 6.45) is 16.4. The lowest BCUT2D eigenvalue weighted by atomic mass is 9.86. The van der Waals surface area contributed by atoms with Crippen molar-refractivity contribution in [1.82, 2.24) is 9.55 Å². The lowest BCUT2D eigenvalue weighted by Gasteiger charge is -2.31. The number of nitrogens with zero attached hydrogens (tertiary/aromatic N) is 2. The summed E-state index contributed by atoms with van der Waals surface area (Å²) in [4.78, 5) is 4.57. The van der Waals surface area contributed by atoms with Crippen LogP contribution in [0.25, 0.3) is 0 Å². The predicted octanol–water partition coefficient (Wildman–Crippen LogP) is 4.38. The van der Waals surface area contributed by atoms with Gasteiger partial charge in [0.1, 0.15) is 0 Å². The lowest BCUT2D eigenvalue weighted by molar-refractivity contribution is 0.336. The molecule has 1 aromatic heterocycles. The summed E-state index contributed by atoms with van der Waals surface area (Å²) in [5.74, 6) is 1.90. The van der Waals surface area contributed by atoms with Gasteiger partial charge in [-0.2, -0.15) is 0 Å². The molecule has 2 atom stereocenters. The fourth-order valence-electron chi connectivity index (χ4n) is 3.78. The van der Waals surface area contributed by atoms with Crippen LogP contribution in [0.2, 0.25) is 0 Å². The summed E-state index contributed by atoms with van der Waals surface area (Å²) >= 11 is 0. The van der Waals surface area contributed by atoms with E-state index in [1.165, 1.54) is 57.8 Å². The highest BCUT2D eigenvalue weighted by molar-refractivity contribution is 5.29. The first kappa shape index (κ1) is 13.0. The Morgan fingerprint density at radius 3 is 2.58 bits per heavy atom. The number of rotatable bonds is 3. The van der Waals surface area contributed by atoms with E-state index in [0.29, 0.717) is 12.1 Å². The Labute approximate surface area is 116 Å². The molecule has 3 heteroatoms. The van der Waals surface area contributed by atoms with Crippen LogP contribution < -0.4 is 5.32 Å². The maximum absolute atomic E-state index is 4.57. The van der Waals surface area contributed by atoms with Crippen molar-refractivity contribution in [2.75, 3.05) is 5.32 Å². The third-order valence-electron chi connectivity index (χ3n) is 5.06. The van der Waals surface area contributed by atoms with Crippen LogP contribution in [-0.2, 0) is 0 Å². The number of anilines is 1. The molecule has 0 saturated heterocycles. The van der Waals surface area contributed by atoms with Crippen molar-refractivity contribution in [2.45, 2.75) is 76.8 Å². The normalized spacial score (nSPS) is 29.3. The van der Waals surface area contributed by atoms with Crippen LogP contribution in [0.1, 0.15) is 70.8 Å². The molecule has 0 amide bonds. The first-order chi connectivity index (χ1) is 9.34. The Kier molecular flexibility index (Phi) is 4.09. The van der Waals surface area contributed by atoms with E-state index in [1.807, 2.05) is 6.20 Å². The number of imidazole rings is 1. The first-order valence-electron chi connectivity index (χ1n) is 8.14. The molecule has 2 aliphatic carbocycles. The third kappa shape index (κ3) is 2.96. The second kappa shape index (κ2) is 5.98. The molecule has 106 valence electrons. The van der Waals surface area contributed by atoms with Crippen molar-refractivity contribution in [3.05, 3.63) is 12.4 Å². The summed E-state index contributed by atoms with van der Waals surface area (Å²) in [5.41, 5.74) is 0. The van der Waals surface area contributed by atoms with Crippen LogP contribution in [0.3, 0.4) is 0 Å². The van der Waals surface area contributed by atoms with Crippen molar-refractivity contribution in [3.63, 3.8) is 0 Å². The van der Waals surface area contributed by atoms with E-state index in [-0.39, 0.29) is 0 Å². The largest absolute Gasteiger partial charge is 0.353 e. The number of hydrogen-bond donors (Lipinski definition) is 1. The Bertz CT molecular complexity index is 392. The Morgan fingerprint density at radius 2 is 1.79 bits per heavy atom. The van der Waals surface area contributed by atoms with Gasteiger partial charge in [-0.1, -0.05) is 39.0 Å². The molecule has 0 radical (unpaired) electrons. The molecule has 2 unspecified atom stereocenters. The van der Waals surface area contributed by atoms with Crippen LogP contribution in [-0.4, -0.2) is 15.6 Å². The van der Waals surface area contributed by atoms with Crippen LogP contribution in [0.4, 0.5) is 5.95 Å². The fourth-order valence-corrected chi connectivity index (χ4v) is 3.78. The molecule has 0 spiro atoms. The van der Waals surface area contributed by atoms with Gasteiger partial charge in [0, 0.05) is 24.5 Å². The summed E-state index contributed by atoms with van der Waals surface area (Å²) in [6.45, 7) is 2.38. The number of hydrogen-bond acceptors (Lipinski definition) is 2. The van der Waals surface area contributed by atoms with Crippen LogP contribution in [0.5, 0.6) is 0 Å². The van der Waals surface area contributed by atoms with E-state index in [1.54, 1.807) is 0 Å². The maximum Gasteiger partial charge on any atom is 0.203 e. The second-order valence-electron chi connectivity index (χ2n) is 6.46. The maximum atomic E-state index is 4.57. The molecule has 1 N–H and O–H groups in total. The highest BCUT2D eigenvalue weighted by Gasteiger charge is 2.24. The lowest BCUT2D eigenvalue weighted by Crippen LogP contribution is -2.32. The quantitative estimate of drug-likeness (QED) is 0.875. The summed E-state index contributed by atoms with van der Waals surface area (Å²) in [6, 6.07) is 1.30. The average molecular weight is 261 g/mol. The number of aromatic nitrogens is 2. The van der Waals surface area contributed by atoms with Crippen molar-refractivity contribution >= 4 is 5.95 Å². The predicted molar refractivity (Wildman–Crippen MR) is 79.4 cm³/mol. The minimum Gasteiger partial charge on any atom is -0.353 e. The Balaban J connectivity index is 1.68. The van der Waals surface area contributed by atoms with E-state index >= 15 is 0 Å². The molecular weight excluding hydrogens is 234 g/mol. The van der Waals surface area contributed by atoms with Gasteiger partial charge in [0.05, 0.1) is 0 Å². The SMILES string of the molecule is CC1CCCCC1Nc1nccn1C1CCCCC1. The smallest absolute Gasteiger partial charge is 0.203 e. The first-order valence-corrected chi connectivity index (χ1v) is 8.14. The Morgan fingerprint density at radius 1 is 1.05 bits per heavy atom. The molecule has 2 aliphatic rings. The highest BCUT2D eigenvalue weighted by Crippen LogP contribution is 2.32. The molecule has 2 fully saturated rings. The van der Waals surface area contributed by atoms with Crippen LogP contribution in [0, 0.1) is 5.92 Å². The second-order valence-corrected chi connectivity index (χ2v) is 6.46. The molecule has 0 aliphatic heterocycles. The van der Waals surface area contributed by atoms with Gasteiger partial charge in [-0.05, 0) is 31.6 Å². The summed E-state index contributed by atoms with van der Waals surface area (Å²) in [5, 5.41) is 3.73. The molecule has 1 aromatic rings. The van der Waals surface area contributed by atoms with Crippen LogP contribution >= 0.6 is 0 Å². The van der Waals surface area contributed by atoms with E-state index in [9.17, 15) is 0 Å². The zero-order valence-electron chi connectivity index (χ0n) is 12.1. The van der Waals surface area contributed by atoms with Gasteiger partial charge >= 0.3 is 0 Å². The number of nitrogens with one attached hydrogen (secondary N) is 1. The van der Waals surface area contributed by atoms with E-state index in [2.05, 4.69) is 28.0 Å². The average Bonchev–Trinajstić information content (AvgIpc) is 2.91. The van der Waals surface area contributed by atoms with E-state index in [4.69, 9.17) is 0 Å². The Hall–Kier alpha value is -0.990. The monoisotopic (exact) mass is 261 g/mol. The van der Waals surface area contributed by atoms with Gasteiger partial charge < -0.3 is 9.88 Å². The molecular formula is C16H27N3. The molecule has 19 heavy (non-hydrogen) atoms. The van der Waals surface area contributed by atoms with Gasteiger partial charge in [-0.15, -0.1) is 0 Å². The van der Waals surface area contributed by atoms with Gasteiger partial charge in [0.2, 0.25) is 5.95 Å². The van der Waals surface area contributed by atoms with Crippen molar-refractivity contribution in [1.29, 1.82) is 0 Å². The molecule has 3 rings (SSSR count). The van der Waals surface area contributed by atoms with Crippen molar-refractivity contribution < 1.29 is 0 Å². The topological polar surface area (TPSA) is 29.9 Å². The molecule has 0 aromatic carbocycles. The zero-order valence-corrected chi connectivity index (χ0v) is 12.1. The van der Waals surface area contributed by atoms with Gasteiger partial charge in [0.15, 0.2) is 0 Å². The molecule has 3 nitrogen and oxygen atoms in total. The standard InChI is InChI=1S/C16H27N3/c1-13-7-5-6-10-15(13)18-16-17-11-12-19(16)14-8-3-2-4-9-14/h11-15H,2-10H2,1H3,(H,17,18). The minimum absolute atomic E-state index is 0.624. The van der Waals surface area contributed by atoms with E-state index in [0.717, 1.165) is 11.9 Å². The van der Waals surface area contributed by atoms with Gasteiger partial charge in [-0.3, -0.25) is 0 Å². The summed E-state index contributed by atoms with van der Waals surface area (Å²) in [7, 11) is 0. The van der Waals surface area contributed by atoms with Gasteiger partial charge in [0.25, 0.3) is 0 Å². The molecule has 0 bridgehead atoms. The van der Waals surface area contributed by atoms with E-state index < -0.39 is 0 Å². The minimum atomic E-state index is 0.624. The van der Waals surface area contributed by atoms with Gasteiger partial charge in [-0.25, -0.2) is 4.98 Å². The summed E-state index contributed by atoms with van der Waals surface area (Å²) < 4.78 is 2.40. The third-order valence-corrected chi connectivity index (χ3v) is 5.06. The van der Waals surface area contributed by atoms with Crippen molar-refractivity contribution in [3.8, 4) is 0 Å².